The molecule has 0 amide bonds. The van der Waals surface area contributed by atoms with Crippen molar-refractivity contribution < 1.29 is 19.8 Å². The highest BCUT2D eigenvalue weighted by Gasteiger charge is 2.37. The number of aromatic carboxylic acids is 1. The van der Waals surface area contributed by atoms with Gasteiger partial charge in [0, 0.05) is 11.0 Å². The summed E-state index contributed by atoms with van der Waals surface area (Å²) >= 11 is 0. The molecule has 1 aliphatic rings. The van der Waals surface area contributed by atoms with Gasteiger partial charge in [0.25, 0.3) is 0 Å². The van der Waals surface area contributed by atoms with Crippen LogP contribution >= 0.6 is 0 Å². The molecule has 2 aromatic rings. The van der Waals surface area contributed by atoms with Crippen molar-refractivity contribution >= 4 is 17.5 Å². The number of hydrogen-bond donors (Lipinski definition) is 2. The molecule has 132 valence electrons. The fourth-order valence-electron chi connectivity index (χ4n) is 3.55. The predicted octanol–water partition coefficient (Wildman–Crippen LogP) is 4.53. The fraction of sp³-hybridized carbons (Fsp3) is 0.182. The van der Waals surface area contributed by atoms with E-state index in [0.717, 1.165) is 22.3 Å². The third-order valence-electron chi connectivity index (χ3n) is 5.07. The lowest BCUT2D eigenvalue weighted by Gasteiger charge is -2.37. The lowest BCUT2D eigenvalue weighted by Crippen LogP contribution is -2.29. The van der Waals surface area contributed by atoms with Crippen LogP contribution in [0.25, 0.3) is 5.57 Å². The Balaban J connectivity index is 2.18. The molecule has 0 aliphatic heterocycles. The second kappa shape index (κ2) is 6.64. The molecule has 0 saturated heterocycles. The zero-order valence-corrected chi connectivity index (χ0v) is 14.7. The van der Waals surface area contributed by atoms with Gasteiger partial charge in [-0.2, -0.15) is 0 Å². The van der Waals surface area contributed by atoms with E-state index in [0.29, 0.717) is 12.0 Å². The average molecular weight is 348 g/mol. The maximum absolute atomic E-state index is 11.7. The first-order chi connectivity index (χ1) is 12.3. The van der Waals surface area contributed by atoms with Crippen LogP contribution in [0.2, 0.25) is 0 Å². The molecular formula is C22H20O4. The SMILES string of the molecule is CC1=C(C(=O)O)CC(C)(c2ccccc2)C(c2ccc(C(=O)O)cc2)=C1. The second-order valence-corrected chi connectivity index (χ2v) is 6.78. The summed E-state index contributed by atoms with van der Waals surface area (Å²) in [6.45, 7) is 3.84. The summed E-state index contributed by atoms with van der Waals surface area (Å²) in [5, 5.41) is 18.7. The first-order valence-corrected chi connectivity index (χ1v) is 8.37. The fourth-order valence-corrected chi connectivity index (χ4v) is 3.55. The van der Waals surface area contributed by atoms with E-state index in [-0.39, 0.29) is 5.56 Å². The van der Waals surface area contributed by atoms with Crippen molar-refractivity contribution in [2.75, 3.05) is 0 Å². The molecule has 1 aliphatic carbocycles. The normalized spacial score (nSPS) is 19.8. The third kappa shape index (κ3) is 3.06. The molecule has 0 saturated carbocycles. The molecule has 3 rings (SSSR count). The highest BCUT2D eigenvalue weighted by Crippen LogP contribution is 2.47. The number of carboxylic acids is 2. The number of carboxylic acid groups (broad SMARTS) is 2. The number of rotatable bonds is 4. The van der Waals surface area contributed by atoms with E-state index in [2.05, 4.69) is 0 Å². The molecular weight excluding hydrogens is 328 g/mol. The summed E-state index contributed by atoms with van der Waals surface area (Å²) in [6.07, 6.45) is 2.29. The van der Waals surface area contributed by atoms with Gasteiger partial charge in [-0.05, 0) is 47.8 Å². The molecule has 2 aromatic carbocycles. The Hall–Kier alpha value is -3.14. The number of benzene rings is 2. The second-order valence-electron chi connectivity index (χ2n) is 6.78. The zero-order valence-electron chi connectivity index (χ0n) is 14.7. The van der Waals surface area contributed by atoms with Gasteiger partial charge in [0.15, 0.2) is 0 Å². The molecule has 1 unspecified atom stereocenters. The van der Waals surface area contributed by atoms with E-state index in [1.165, 1.54) is 0 Å². The van der Waals surface area contributed by atoms with E-state index in [9.17, 15) is 14.7 Å². The number of aliphatic carboxylic acids is 1. The molecule has 0 heterocycles. The van der Waals surface area contributed by atoms with Crippen LogP contribution in [0.15, 0.2) is 71.8 Å². The maximum Gasteiger partial charge on any atom is 0.335 e. The van der Waals surface area contributed by atoms with Crippen molar-refractivity contribution in [1.82, 2.24) is 0 Å². The Labute approximate surface area is 152 Å². The van der Waals surface area contributed by atoms with Crippen LogP contribution in [-0.4, -0.2) is 22.2 Å². The Morgan fingerprint density at radius 3 is 2.08 bits per heavy atom. The summed E-state index contributed by atoms with van der Waals surface area (Å²) in [4.78, 5) is 22.8. The topological polar surface area (TPSA) is 74.6 Å². The van der Waals surface area contributed by atoms with Gasteiger partial charge >= 0.3 is 11.9 Å². The van der Waals surface area contributed by atoms with Crippen molar-refractivity contribution in [2.45, 2.75) is 25.7 Å². The van der Waals surface area contributed by atoms with E-state index >= 15 is 0 Å². The number of hydrogen-bond acceptors (Lipinski definition) is 2. The lowest BCUT2D eigenvalue weighted by atomic mass is 9.66. The van der Waals surface area contributed by atoms with E-state index in [4.69, 9.17) is 5.11 Å². The van der Waals surface area contributed by atoms with Crippen molar-refractivity contribution in [3.05, 3.63) is 88.5 Å². The molecule has 0 radical (unpaired) electrons. The van der Waals surface area contributed by atoms with Crippen LogP contribution in [0, 0.1) is 0 Å². The van der Waals surface area contributed by atoms with Crippen molar-refractivity contribution in [2.24, 2.45) is 0 Å². The minimum absolute atomic E-state index is 0.227. The Kier molecular flexibility index (Phi) is 4.51. The lowest BCUT2D eigenvalue weighted by molar-refractivity contribution is -0.133. The molecule has 4 heteroatoms. The van der Waals surface area contributed by atoms with Crippen LogP contribution < -0.4 is 0 Å². The summed E-state index contributed by atoms with van der Waals surface area (Å²) < 4.78 is 0. The minimum Gasteiger partial charge on any atom is -0.478 e. The third-order valence-corrected chi connectivity index (χ3v) is 5.07. The monoisotopic (exact) mass is 348 g/mol. The van der Waals surface area contributed by atoms with Gasteiger partial charge in [-0.15, -0.1) is 0 Å². The average Bonchev–Trinajstić information content (AvgIpc) is 2.64. The van der Waals surface area contributed by atoms with Gasteiger partial charge in [0.05, 0.1) is 5.56 Å². The Morgan fingerprint density at radius 2 is 1.54 bits per heavy atom. The van der Waals surface area contributed by atoms with Crippen LogP contribution in [0.3, 0.4) is 0 Å². The van der Waals surface area contributed by atoms with Crippen LogP contribution in [0.5, 0.6) is 0 Å². The van der Waals surface area contributed by atoms with Gasteiger partial charge < -0.3 is 10.2 Å². The van der Waals surface area contributed by atoms with E-state index < -0.39 is 17.4 Å². The van der Waals surface area contributed by atoms with E-state index in [1.54, 1.807) is 31.2 Å². The molecule has 2 N–H and O–H groups in total. The first kappa shape index (κ1) is 17.7. The summed E-state index contributed by atoms with van der Waals surface area (Å²) in [5.74, 6) is -1.87. The van der Waals surface area contributed by atoms with Crippen molar-refractivity contribution in [1.29, 1.82) is 0 Å². The molecule has 0 spiro atoms. The summed E-state index contributed by atoms with van der Waals surface area (Å²) in [6, 6.07) is 16.5. The summed E-state index contributed by atoms with van der Waals surface area (Å²) in [5.41, 5.74) is 3.75. The standard InChI is InChI=1S/C22H20O4/c1-14-12-19(15-8-10-16(11-9-15)20(23)24)22(2,13-18(14)21(25)26)17-6-4-3-5-7-17/h3-12H,13H2,1-2H3,(H,23,24)(H,25,26). The van der Waals surface area contributed by atoms with Crippen molar-refractivity contribution in [3.63, 3.8) is 0 Å². The molecule has 26 heavy (non-hydrogen) atoms. The number of carbonyl (C=O) groups is 2. The molecule has 4 nitrogen and oxygen atoms in total. The Morgan fingerprint density at radius 1 is 0.923 bits per heavy atom. The van der Waals surface area contributed by atoms with Crippen LogP contribution in [0.1, 0.15) is 41.8 Å². The summed E-state index contributed by atoms with van der Waals surface area (Å²) in [7, 11) is 0. The van der Waals surface area contributed by atoms with Gasteiger partial charge in [-0.25, -0.2) is 9.59 Å². The van der Waals surface area contributed by atoms with Crippen molar-refractivity contribution in [3.8, 4) is 0 Å². The highest BCUT2D eigenvalue weighted by molar-refractivity contribution is 5.93. The first-order valence-electron chi connectivity index (χ1n) is 8.37. The highest BCUT2D eigenvalue weighted by atomic mass is 16.4. The van der Waals surface area contributed by atoms with Crippen LogP contribution in [0.4, 0.5) is 0 Å². The molecule has 1 atom stereocenters. The maximum atomic E-state index is 11.7. The largest absolute Gasteiger partial charge is 0.478 e. The zero-order chi connectivity index (χ0) is 18.9. The minimum atomic E-state index is -0.968. The molecule has 0 bridgehead atoms. The molecule has 0 aromatic heterocycles. The van der Waals surface area contributed by atoms with Gasteiger partial charge in [-0.3, -0.25) is 0 Å². The quantitative estimate of drug-likeness (QED) is 0.851. The molecule has 0 fully saturated rings. The smallest absolute Gasteiger partial charge is 0.335 e. The number of allylic oxidation sites excluding steroid dienone is 3. The van der Waals surface area contributed by atoms with Gasteiger partial charge in [0.1, 0.15) is 0 Å². The van der Waals surface area contributed by atoms with Crippen LogP contribution in [-0.2, 0) is 10.2 Å². The predicted molar refractivity (Wildman–Crippen MR) is 100 cm³/mol. The Bertz CT molecular complexity index is 920. The van der Waals surface area contributed by atoms with Gasteiger partial charge in [-0.1, -0.05) is 55.5 Å². The van der Waals surface area contributed by atoms with Gasteiger partial charge in [0.2, 0.25) is 0 Å². The van der Waals surface area contributed by atoms with E-state index in [1.807, 2.05) is 43.3 Å².